The molecule has 0 spiro atoms. The molecule has 0 saturated heterocycles. The van der Waals surface area contributed by atoms with Crippen molar-refractivity contribution in [1.29, 1.82) is 0 Å². The van der Waals surface area contributed by atoms with E-state index in [1.54, 1.807) is 0 Å². The molecule has 0 bridgehead atoms. The number of aromatic nitrogens is 1. The van der Waals surface area contributed by atoms with Crippen molar-refractivity contribution >= 4 is 16.6 Å². The van der Waals surface area contributed by atoms with Crippen LogP contribution in [0.5, 0.6) is 5.75 Å². The van der Waals surface area contributed by atoms with Crippen LogP contribution in [-0.4, -0.2) is 17.6 Å². The summed E-state index contributed by atoms with van der Waals surface area (Å²) in [6, 6.07) is 27.8. The highest BCUT2D eigenvalue weighted by Crippen LogP contribution is 2.36. The summed E-state index contributed by atoms with van der Waals surface area (Å²) in [6.07, 6.45) is 5.82. The van der Waals surface area contributed by atoms with Crippen LogP contribution in [-0.2, 0) is 6.54 Å². The van der Waals surface area contributed by atoms with Crippen molar-refractivity contribution < 1.29 is 4.74 Å². The van der Waals surface area contributed by atoms with Gasteiger partial charge in [-0.15, -0.1) is 0 Å². The smallest absolute Gasteiger partial charge is 0.143 e. The Morgan fingerprint density at radius 1 is 0.968 bits per heavy atom. The zero-order valence-corrected chi connectivity index (χ0v) is 18.1. The van der Waals surface area contributed by atoms with E-state index < -0.39 is 0 Å². The summed E-state index contributed by atoms with van der Waals surface area (Å²) >= 11 is 0. The highest BCUT2D eigenvalue weighted by Gasteiger charge is 2.25. The van der Waals surface area contributed by atoms with Crippen LogP contribution in [0.4, 0.5) is 5.69 Å². The highest BCUT2D eigenvalue weighted by atomic mass is 16.5. The number of hydrogen-bond acceptors (Lipinski definition) is 2. The molecular weight excluding hydrogens is 380 g/mol. The summed E-state index contributed by atoms with van der Waals surface area (Å²) in [5.41, 5.74) is 5.20. The van der Waals surface area contributed by atoms with Gasteiger partial charge >= 0.3 is 0 Å². The molecule has 3 nitrogen and oxygen atoms in total. The van der Waals surface area contributed by atoms with Crippen molar-refractivity contribution in [3.63, 3.8) is 0 Å². The monoisotopic (exact) mass is 410 g/mol. The number of H-pyrrole nitrogens is 1. The number of benzene rings is 3. The van der Waals surface area contributed by atoms with E-state index in [1.165, 1.54) is 34.1 Å². The maximum atomic E-state index is 6.39. The lowest BCUT2D eigenvalue weighted by atomic mass is 9.94. The normalized spacial score (nSPS) is 16.7. The molecular formula is C28H30N2O. The largest absolute Gasteiger partial charge is 0.486 e. The minimum atomic E-state index is 0.230. The van der Waals surface area contributed by atoms with Crippen LogP contribution in [0.25, 0.3) is 10.9 Å². The lowest BCUT2D eigenvalue weighted by Gasteiger charge is -2.36. The third-order valence-electron chi connectivity index (χ3n) is 6.46. The average Bonchev–Trinajstić information content (AvgIpc) is 3.24. The fraction of sp³-hybridized carbons (Fsp3) is 0.286. The molecule has 0 radical (unpaired) electrons. The summed E-state index contributed by atoms with van der Waals surface area (Å²) in [5, 5.41) is 1.35. The van der Waals surface area contributed by atoms with Gasteiger partial charge in [-0.25, -0.2) is 0 Å². The first kappa shape index (κ1) is 19.7. The zero-order chi connectivity index (χ0) is 21.0. The minimum Gasteiger partial charge on any atom is -0.486 e. The van der Waals surface area contributed by atoms with Gasteiger partial charge in [0.15, 0.2) is 0 Å². The molecule has 1 N–H and O–H groups in total. The van der Waals surface area contributed by atoms with Crippen molar-refractivity contribution in [3.8, 4) is 5.75 Å². The molecule has 0 fully saturated rings. The Hall–Kier alpha value is -3.20. The van der Waals surface area contributed by atoms with Crippen molar-refractivity contribution in [2.75, 3.05) is 11.4 Å². The fourth-order valence-corrected chi connectivity index (χ4v) is 4.79. The van der Waals surface area contributed by atoms with Gasteiger partial charge in [-0.1, -0.05) is 67.6 Å². The lowest BCUT2D eigenvalue weighted by molar-refractivity contribution is 0.178. The summed E-state index contributed by atoms with van der Waals surface area (Å²) in [7, 11) is 0. The molecule has 1 aromatic heterocycles. The molecule has 31 heavy (non-hydrogen) atoms. The SMILES string of the molecule is CC(CCCC1CN(Cc2ccccc2)c2ccccc2O1)c1c[nH]c2ccccc12. The molecule has 0 amide bonds. The van der Waals surface area contributed by atoms with Crippen LogP contribution in [0, 0.1) is 0 Å². The Bertz CT molecular complexity index is 1130. The van der Waals surface area contributed by atoms with Gasteiger partial charge < -0.3 is 14.6 Å². The number of nitrogens with one attached hydrogen (secondary N) is 1. The van der Waals surface area contributed by atoms with E-state index in [-0.39, 0.29) is 6.10 Å². The predicted octanol–water partition coefficient (Wildman–Crippen LogP) is 6.91. The second kappa shape index (κ2) is 8.89. The number of rotatable bonds is 7. The number of anilines is 1. The van der Waals surface area contributed by atoms with Crippen LogP contribution in [0.1, 0.15) is 43.2 Å². The molecule has 4 aromatic rings. The van der Waals surface area contributed by atoms with E-state index in [1.807, 2.05) is 0 Å². The van der Waals surface area contributed by atoms with Crippen molar-refractivity contribution in [1.82, 2.24) is 4.98 Å². The number of ether oxygens (including phenoxy) is 1. The first-order chi connectivity index (χ1) is 15.3. The second-order valence-electron chi connectivity index (χ2n) is 8.70. The summed E-state index contributed by atoms with van der Waals surface area (Å²) in [5.74, 6) is 1.55. The Morgan fingerprint density at radius 3 is 2.65 bits per heavy atom. The standard InChI is InChI=1S/C28H30N2O/c1-21(25-18-29-26-15-6-5-14-24(25)26)10-9-13-23-20-30(19-22-11-3-2-4-12-22)27-16-7-8-17-28(27)31-23/h2-8,11-12,14-18,21,23,29H,9-10,13,19-20H2,1H3. The van der Waals surface area contributed by atoms with Gasteiger partial charge in [-0.2, -0.15) is 0 Å². The van der Waals surface area contributed by atoms with Gasteiger partial charge in [0.1, 0.15) is 11.9 Å². The third-order valence-corrected chi connectivity index (χ3v) is 6.46. The second-order valence-corrected chi connectivity index (χ2v) is 8.70. The number of fused-ring (bicyclic) bond motifs is 2. The average molecular weight is 411 g/mol. The van der Waals surface area contributed by atoms with Gasteiger partial charge in [0.05, 0.1) is 12.2 Å². The maximum Gasteiger partial charge on any atom is 0.143 e. The molecule has 2 unspecified atom stereocenters. The Kier molecular flexibility index (Phi) is 5.66. The lowest BCUT2D eigenvalue weighted by Crippen LogP contribution is -2.39. The Labute approximate surface area is 184 Å². The van der Waals surface area contributed by atoms with E-state index in [0.717, 1.165) is 31.7 Å². The summed E-state index contributed by atoms with van der Waals surface area (Å²) in [6.45, 7) is 4.20. The van der Waals surface area contributed by atoms with E-state index in [0.29, 0.717) is 5.92 Å². The molecule has 0 saturated carbocycles. The summed E-state index contributed by atoms with van der Waals surface area (Å²) < 4.78 is 6.39. The Balaban J connectivity index is 1.23. The Morgan fingerprint density at radius 2 is 1.74 bits per heavy atom. The molecule has 5 rings (SSSR count). The molecule has 1 aliphatic rings. The quantitative estimate of drug-likeness (QED) is 0.358. The number of nitrogens with zero attached hydrogens (tertiary/aromatic N) is 1. The van der Waals surface area contributed by atoms with Crippen LogP contribution < -0.4 is 9.64 Å². The molecule has 3 aromatic carbocycles. The van der Waals surface area contributed by atoms with Crippen LogP contribution >= 0.6 is 0 Å². The van der Waals surface area contributed by atoms with Gasteiger partial charge in [0.25, 0.3) is 0 Å². The van der Waals surface area contributed by atoms with Crippen molar-refractivity contribution in [2.24, 2.45) is 0 Å². The molecule has 1 aliphatic heterocycles. The van der Waals surface area contributed by atoms with Gasteiger partial charge in [0, 0.05) is 23.6 Å². The first-order valence-corrected chi connectivity index (χ1v) is 11.4. The molecule has 3 heteroatoms. The van der Waals surface area contributed by atoms with E-state index in [4.69, 9.17) is 4.74 Å². The van der Waals surface area contributed by atoms with Gasteiger partial charge in [-0.3, -0.25) is 0 Å². The van der Waals surface area contributed by atoms with Crippen molar-refractivity contribution in [3.05, 3.63) is 96.2 Å². The van der Waals surface area contributed by atoms with E-state index >= 15 is 0 Å². The van der Waals surface area contributed by atoms with Crippen LogP contribution in [0.15, 0.2) is 85.1 Å². The van der Waals surface area contributed by atoms with E-state index in [9.17, 15) is 0 Å². The van der Waals surface area contributed by atoms with Crippen LogP contribution in [0.2, 0.25) is 0 Å². The number of para-hydroxylation sites is 3. The first-order valence-electron chi connectivity index (χ1n) is 11.4. The summed E-state index contributed by atoms with van der Waals surface area (Å²) in [4.78, 5) is 5.89. The number of hydrogen-bond donors (Lipinski definition) is 1. The topological polar surface area (TPSA) is 28.3 Å². The molecule has 0 aliphatic carbocycles. The predicted molar refractivity (Wildman–Crippen MR) is 129 cm³/mol. The molecule has 158 valence electrons. The number of aromatic amines is 1. The highest BCUT2D eigenvalue weighted by molar-refractivity contribution is 5.83. The van der Waals surface area contributed by atoms with Gasteiger partial charge in [-0.05, 0) is 54.5 Å². The van der Waals surface area contributed by atoms with Gasteiger partial charge in [0.2, 0.25) is 0 Å². The van der Waals surface area contributed by atoms with Crippen LogP contribution in [0.3, 0.4) is 0 Å². The maximum absolute atomic E-state index is 6.39. The molecule has 2 heterocycles. The third kappa shape index (κ3) is 4.32. The minimum absolute atomic E-state index is 0.230. The molecule has 2 atom stereocenters. The van der Waals surface area contributed by atoms with Crippen molar-refractivity contribution in [2.45, 2.75) is 44.8 Å². The van der Waals surface area contributed by atoms with E-state index in [2.05, 4.69) is 102 Å². The fourth-order valence-electron chi connectivity index (χ4n) is 4.79. The zero-order valence-electron chi connectivity index (χ0n) is 18.1.